The lowest BCUT2D eigenvalue weighted by molar-refractivity contribution is 0.974. The quantitative estimate of drug-likeness (QED) is 0.231. The third-order valence-electron chi connectivity index (χ3n) is 7.50. The highest BCUT2D eigenvalue weighted by Crippen LogP contribution is 2.48. The highest BCUT2D eigenvalue weighted by atomic mass is 15.2. The fraction of sp³-hybridized carbons (Fsp3) is 0.0312. The summed E-state index contributed by atoms with van der Waals surface area (Å²) in [5, 5.41) is 0. The fourth-order valence-corrected chi connectivity index (χ4v) is 5.91. The topological polar surface area (TPSA) is 22.2 Å². The van der Waals surface area contributed by atoms with Crippen LogP contribution in [0.15, 0.2) is 109 Å². The molecule has 0 saturated carbocycles. The normalized spacial score (nSPS) is 12.1. The van der Waals surface area contributed by atoms with Gasteiger partial charge in [-0.1, -0.05) is 84.9 Å². The number of hydrogen-bond donors (Lipinski definition) is 0. The Bertz CT molecular complexity index is 1970. The molecule has 0 unspecified atom stereocenters. The third-order valence-corrected chi connectivity index (χ3v) is 7.50. The van der Waals surface area contributed by atoms with Crippen LogP contribution in [-0.2, 0) is 7.05 Å². The zero-order valence-electron chi connectivity index (χ0n) is 19.2. The van der Waals surface area contributed by atoms with Gasteiger partial charge in [0.05, 0.1) is 22.1 Å². The summed E-state index contributed by atoms with van der Waals surface area (Å²) >= 11 is 0. The van der Waals surface area contributed by atoms with E-state index in [0.29, 0.717) is 0 Å². The maximum Gasteiger partial charge on any atom is 0.215 e. The van der Waals surface area contributed by atoms with E-state index in [9.17, 15) is 0 Å². The second-order valence-electron chi connectivity index (χ2n) is 9.32. The van der Waals surface area contributed by atoms with Gasteiger partial charge in [0, 0.05) is 7.05 Å². The van der Waals surface area contributed by atoms with Gasteiger partial charge in [-0.15, -0.1) is 0 Å². The number of benzene rings is 5. The SMILES string of the molecule is Cn1c2cc3c(cc2n2c4ccccc4nc12)-c1ccccc1-c1ccccc1-c1ccccc1-3. The predicted octanol–water partition coefficient (Wildman–Crippen LogP) is 7.96. The molecule has 0 bridgehead atoms. The maximum atomic E-state index is 4.96. The molecule has 3 heteroatoms. The first-order valence-electron chi connectivity index (χ1n) is 12.0. The fourth-order valence-electron chi connectivity index (χ4n) is 5.91. The van der Waals surface area contributed by atoms with E-state index in [1.807, 2.05) is 0 Å². The Labute approximate surface area is 202 Å². The molecule has 0 atom stereocenters. The second-order valence-corrected chi connectivity index (χ2v) is 9.32. The van der Waals surface area contributed by atoms with Crippen molar-refractivity contribution in [1.82, 2.24) is 14.0 Å². The van der Waals surface area contributed by atoms with Crippen LogP contribution in [0.4, 0.5) is 0 Å². The molecule has 0 radical (unpaired) electrons. The van der Waals surface area contributed by atoms with Crippen molar-refractivity contribution in [2.24, 2.45) is 7.05 Å². The summed E-state index contributed by atoms with van der Waals surface area (Å²) in [7, 11) is 2.12. The number of imidazole rings is 2. The molecule has 7 aromatic rings. The molecule has 164 valence electrons. The van der Waals surface area contributed by atoms with Crippen molar-refractivity contribution in [2.45, 2.75) is 0 Å². The Morgan fingerprint density at radius 2 is 0.886 bits per heavy atom. The monoisotopic (exact) mass is 447 g/mol. The molecular weight excluding hydrogens is 426 g/mol. The molecule has 5 aromatic carbocycles. The molecular formula is C32H21N3. The Balaban J connectivity index is 1.59. The summed E-state index contributed by atoms with van der Waals surface area (Å²) < 4.78 is 4.52. The van der Waals surface area contributed by atoms with Gasteiger partial charge in [-0.05, 0) is 68.8 Å². The van der Waals surface area contributed by atoms with E-state index in [2.05, 4.69) is 125 Å². The standard InChI is InChI=1S/C32H21N3/c1-34-30-18-26-24-14-6-4-12-22(24)20-10-2-3-11-21(20)23-13-5-7-15-25(23)27(26)19-31(30)35-29-17-9-8-16-28(29)33-32(34)35/h2-19H,1H3. The van der Waals surface area contributed by atoms with Gasteiger partial charge < -0.3 is 4.57 Å². The Hall–Kier alpha value is -4.63. The van der Waals surface area contributed by atoms with E-state index in [4.69, 9.17) is 4.98 Å². The molecule has 0 saturated heterocycles. The van der Waals surface area contributed by atoms with Crippen LogP contribution in [0.25, 0.3) is 72.4 Å². The Morgan fingerprint density at radius 1 is 0.457 bits per heavy atom. The highest BCUT2D eigenvalue weighted by Gasteiger charge is 2.24. The number of fused-ring (bicyclic) bond motifs is 13. The van der Waals surface area contributed by atoms with E-state index < -0.39 is 0 Å². The zero-order valence-corrected chi connectivity index (χ0v) is 19.2. The third kappa shape index (κ3) is 2.42. The van der Waals surface area contributed by atoms with Crippen molar-refractivity contribution < 1.29 is 0 Å². The van der Waals surface area contributed by atoms with Crippen molar-refractivity contribution >= 4 is 27.8 Å². The van der Waals surface area contributed by atoms with E-state index in [1.54, 1.807) is 0 Å². The van der Waals surface area contributed by atoms with Gasteiger partial charge in [0.15, 0.2) is 0 Å². The molecule has 2 heterocycles. The summed E-state index contributed by atoms with van der Waals surface area (Å²) in [6, 6.07) is 39.5. The molecule has 1 aliphatic carbocycles. The average Bonchev–Trinajstić information content (AvgIpc) is 3.42. The number of aryl methyl sites for hydroxylation is 1. The minimum Gasteiger partial charge on any atom is -0.313 e. The van der Waals surface area contributed by atoms with Crippen LogP contribution in [-0.4, -0.2) is 14.0 Å². The molecule has 8 rings (SSSR count). The van der Waals surface area contributed by atoms with E-state index in [0.717, 1.165) is 16.8 Å². The van der Waals surface area contributed by atoms with Gasteiger partial charge in [-0.2, -0.15) is 0 Å². The van der Waals surface area contributed by atoms with Gasteiger partial charge in [-0.3, -0.25) is 4.40 Å². The summed E-state index contributed by atoms with van der Waals surface area (Å²) in [5.41, 5.74) is 14.6. The van der Waals surface area contributed by atoms with Gasteiger partial charge in [-0.25, -0.2) is 4.98 Å². The second kappa shape index (κ2) is 6.71. The number of rotatable bonds is 0. The molecule has 35 heavy (non-hydrogen) atoms. The summed E-state index contributed by atoms with van der Waals surface area (Å²) in [6.45, 7) is 0. The lowest BCUT2D eigenvalue weighted by Crippen LogP contribution is -1.98. The van der Waals surface area contributed by atoms with Crippen LogP contribution in [0, 0.1) is 0 Å². The van der Waals surface area contributed by atoms with Crippen LogP contribution in [0.5, 0.6) is 0 Å². The first-order chi connectivity index (χ1) is 17.3. The molecule has 0 aliphatic heterocycles. The van der Waals surface area contributed by atoms with Gasteiger partial charge >= 0.3 is 0 Å². The molecule has 2 aromatic heterocycles. The van der Waals surface area contributed by atoms with Gasteiger partial charge in [0.2, 0.25) is 5.78 Å². The maximum absolute atomic E-state index is 4.96. The molecule has 0 amide bonds. The molecule has 0 N–H and O–H groups in total. The molecule has 3 nitrogen and oxygen atoms in total. The van der Waals surface area contributed by atoms with E-state index >= 15 is 0 Å². The zero-order chi connectivity index (χ0) is 23.1. The Kier molecular flexibility index (Phi) is 3.59. The van der Waals surface area contributed by atoms with E-state index in [1.165, 1.54) is 55.5 Å². The minimum atomic E-state index is 0.962. The largest absolute Gasteiger partial charge is 0.313 e. The van der Waals surface area contributed by atoms with Crippen LogP contribution in [0.2, 0.25) is 0 Å². The first kappa shape index (κ1) is 18.8. The van der Waals surface area contributed by atoms with Gasteiger partial charge in [0.1, 0.15) is 0 Å². The molecule has 1 aliphatic rings. The number of hydrogen-bond acceptors (Lipinski definition) is 1. The number of nitrogens with zero attached hydrogens (tertiary/aromatic N) is 3. The average molecular weight is 448 g/mol. The Morgan fingerprint density at radius 3 is 1.43 bits per heavy atom. The van der Waals surface area contributed by atoms with Crippen LogP contribution in [0.3, 0.4) is 0 Å². The molecule has 0 fully saturated rings. The van der Waals surface area contributed by atoms with Crippen LogP contribution >= 0.6 is 0 Å². The first-order valence-corrected chi connectivity index (χ1v) is 12.0. The highest BCUT2D eigenvalue weighted by molar-refractivity contribution is 6.06. The number of aromatic nitrogens is 3. The van der Waals surface area contributed by atoms with Crippen LogP contribution in [0.1, 0.15) is 0 Å². The minimum absolute atomic E-state index is 0.962. The number of para-hydroxylation sites is 2. The van der Waals surface area contributed by atoms with Crippen molar-refractivity contribution in [2.75, 3.05) is 0 Å². The van der Waals surface area contributed by atoms with E-state index in [-0.39, 0.29) is 0 Å². The predicted molar refractivity (Wildman–Crippen MR) is 144 cm³/mol. The van der Waals surface area contributed by atoms with Crippen molar-refractivity contribution in [3.05, 3.63) is 109 Å². The van der Waals surface area contributed by atoms with Crippen molar-refractivity contribution in [3.8, 4) is 44.5 Å². The summed E-state index contributed by atoms with van der Waals surface area (Å²) in [4.78, 5) is 4.96. The van der Waals surface area contributed by atoms with Crippen molar-refractivity contribution in [1.29, 1.82) is 0 Å². The van der Waals surface area contributed by atoms with Crippen LogP contribution < -0.4 is 0 Å². The smallest absolute Gasteiger partial charge is 0.215 e. The lowest BCUT2D eigenvalue weighted by atomic mass is 9.81. The summed E-state index contributed by atoms with van der Waals surface area (Å²) in [6.07, 6.45) is 0. The van der Waals surface area contributed by atoms with Crippen molar-refractivity contribution in [3.63, 3.8) is 0 Å². The lowest BCUT2D eigenvalue weighted by Gasteiger charge is -2.23. The summed E-state index contributed by atoms with van der Waals surface area (Å²) in [5.74, 6) is 0.962. The molecule has 0 spiro atoms. The van der Waals surface area contributed by atoms with Gasteiger partial charge in [0.25, 0.3) is 0 Å².